The summed E-state index contributed by atoms with van der Waals surface area (Å²) in [4.78, 5) is 23.5. The van der Waals surface area contributed by atoms with Gasteiger partial charge < -0.3 is 9.84 Å². The van der Waals surface area contributed by atoms with Gasteiger partial charge in [-0.1, -0.05) is 18.2 Å². The van der Waals surface area contributed by atoms with Gasteiger partial charge in [0.05, 0.1) is 13.0 Å². The lowest BCUT2D eigenvalue weighted by molar-refractivity contribution is -0.136. The number of benzene rings is 1. The van der Waals surface area contributed by atoms with Crippen molar-refractivity contribution < 1.29 is 19.4 Å². The van der Waals surface area contributed by atoms with Crippen LogP contribution in [0.1, 0.15) is 13.3 Å². The first-order valence-corrected chi connectivity index (χ1v) is 5.36. The molecule has 0 fully saturated rings. The van der Waals surface area contributed by atoms with E-state index in [9.17, 15) is 9.59 Å². The Bertz CT molecular complexity index is 377. The molecule has 0 radical (unpaired) electrons. The number of nitrogens with zero attached hydrogens (tertiary/aromatic N) is 1. The largest absolute Gasteiger partial charge is 0.481 e. The summed E-state index contributed by atoms with van der Waals surface area (Å²) in [6, 6.07) is 8.85. The van der Waals surface area contributed by atoms with Crippen molar-refractivity contribution in [3.8, 4) is 0 Å². The van der Waals surface area contributed by atoms with Gasteiger partial charge >= 0.3 is 12.1 Å². The molecule has 1 rings (SSSR count). The highest BCUT2D eigenvalue weighted by Gasteiger charge is 2.17. The van der Waals surface area contributed by atoms with Crippen molar-refractivity contribution in [3.05, 3.63) is 30.3 Å². The number of carbonyl (C=O) groups excluding carboxylic acids is 1. The fraction of sp³-hybridized carbons (Fsp3) is 0.333. The smallest absolute Gasteiger partial charge is 0.414 e. The summed E-state index contributed by atoms with van der Waals surface area (Å²) in [7, 11) is 0. The van der Waals surface area contributed by atoms with E-state index in [4.69, 9.17) is 9.84 Å². The Labute approximate surface area is 99.6 Å². The third kappa shape index (κ3) is 4.14. The summed E-state index contributed by atoms with van der Waals surface area (Å²) in [5.41, 5.74) is 0.632. The average molecular weight is 237 g/mol. The number of ether oxygens (including phenoxy) is 1. The van der Waals surface area contributed by atoms with Crippen LogP contribution in [0.5, 0.6) is 0 Å². The molecule has 0 unspecified atom stereocenters. The second kappa shape index (κ2) is 6.52. The summed E-state index contributed by atoms with van der Waals surface area (Å²) in [5.74, 6) is -0.949. The standard InChI is InChI=1S/C12H15NO4/c1-2-17-12(16)13(9-8-11(14)15)10-6-4-3-5-7-10/h3-7H,2,8-9H2,1H3,(H,14,15). The summed E-state index contributed by atoms with van der Waals surface area (Å²) >= 11 is 0. The zero-order valence-corrected chi connectivity index (χ0v) is 9.63. The molecule has 0 spiro atoms. The van der Waals surface area contributed by atoms with Crippen LogP contribution in [-0.2, 0) is 9.53 Å². The highest BCUT2D eigenvalue weighted by atomic mass is 16.6. The quantitative estimate of drug-likeness (QED) is 0.851. The second-order valence-corrected chi connectivity index (χ2v) is 3.33. The molecular formula is C12H15NO4. The van der Waals surface area contributed by atoms with Crippen LogP contribution in [0.25, 0.3) is 0 Å². The van der Waals surface area contributed by atoms with E-state index >= 15 is 0 Å². The molecule has 5 heteroatoms. The van der Waals surface area contributed by atoms with Crippen LogP contribution < -0.4 is 4.90 Å². The zero-order chi connectivity index (χ0) is 12.7. The van der Waals surface area contributed by atoms with E-state index in [-0.39, 0.29) is 19.6 Å². The zero-order valence-electron chi connectivity index (χ0n) is 9.63. The van der Waals surface area contributed by atoms with E-state index in [1.165, 1.54) is 4.90 Å². The molecule has 0 saturated carbocycles. The third-order valence-corrected chi connectivity index (χ3v) is 2.11. The van der Waals surface area contributed by atoms with Gasteiger partial charge in [-0.3, -0.25) is 9.69 Å². The first-order valence-electron chi connectivity index (χ1n) is 5.36. The van der Waals surface area contributed by atoms with Crippen molar-refractivity contribution in [2.75, 3.05) is 18.1 Å². The number of carboxylic acids is 1. The number of aliphatic carboxylic acids is 1. The summed E-state index contributed by atoms with van der Waals surface area (Å²) < 4.78 is 4.88. The van der Waals surface area contributed by atoms with Gasteiger partial charge in [0.25, 0.3) is 0 Å². The molecule has 5 nitrogen and oxygen atoms in total. The minimum Gasteiger partial charge on any atom is -0.481 e. The summed E-state index contributed by atoms with van der Waals surface area (Å²) in [6.45, 7) is 2.06. The van der Waals surface area contributed by atoms with Crippen LogP contribution in [0.4, 0.5) is 10.5 Å². The molecule has 0 saturated heterocycles. The Morgan fingerprint density at radius 1 is 1.29 bits per heavy atom. The number of amides is 1. The Morgan fingerprint density at radius 3 is 2.47 bits per heavy atom. The average Bonchev–Trinajstić information content (AvgIpc) is 2.30. The van der Waals surface area contributed by atoms with E-state index in [1.54, 1.807) is 31.2 Å². The maximum Gasteiger partial charge on any atom is 0.414 e. The number of hydrogen-bond acceptors (Lipinski definition) is 3. The Kier molecular flexibility index (Phi) is 5.00. The predicted molar refractivity (Wildman–Crippen MR) is 63.1 cm³/mol. The van der Waals surface area contributed by atoms with Crippen LogP contribution in [0.15, 0.2) is 30.3 Å². The molecule has 0 atom stereocenters. The lowest BCUT2D eigenvalue weighted by Crippen LogP contribution is -2.33. The minimum absolute atomic E-state index is 0.0954. The third-order valence-electron chi connectivity index (χ3n) is 2.11. The second-order valence-electron chi connectivity index (χ2n) is 3.33. The molecule has 0 aliphatic carbocycles. The van der Waals surface area contributed by atoms with Gasteiger partial charge in [0.1, 0.15) is 0 Å². The van der Waals surface area contributed by atoms with Gasteiger partial charge in [-0.2, -0.15) is 0 Å². The molecule has 0 heterocycles. The summed E-state index contributed by atoms with van der Waals surface area (Å²) in [6.07, 6.45) is -0.645. The SMILES string of the molecule is CCOC(=O)N(CCC(=O)O)c1ccccc1. The lowest BCUT2D eigenvalue weighted by atomic mass is 10.3. The van der Waals surface area contributed by atoms with Gasteiger partial charge in [-0.15, -0.1) is 0 Å². The number of carbonyl (C=O) groups is 2. The molecule has 1 amide bonds. The Hall–Kier alpha value is -2.04. The van der Waals surface area contributed by atoms with Crippen molar-refractivity contribution in [1.29, 1.82) is 0 Å². The molecule has 0 bridgehead atoms. The van der Waals surface area contributed by atoms with E-state index in [1.807, 2.05) is 6.07 Å². The fourth-order valence-corrected chi connectivity index (χ4v) is 1.34. The maximum atomic E-state index is 11.7. The highest BCUT2D eigenvalue weighted by Crippen LogP contribution is 2.14. The van der Waals surface area contributed by atoms with Crippen LogP contribution in [0, 0.1) is 0 Å². The Morgan fingerprint density at radius 2 is 1.94 bits per heavy atom. The minimum atomic E-state index is -0.949. The van der Waals surface area contributed by atoms with Gasteiger partial charge in [-0.25, -0.2) is 4.79 Å². The number of carboxylic acid groups (broad SMARTS) is 1. The van der Waals surface area contributed by atoms with Crippen molar-refractivity contribution in [2.24, 2.45) is 0 Å². The number of rotatable bonds is 5. The molecule has 92 valence electrons. The van der Waals surface area contributed by atoms with Crippen molar-refractivity contribution >= 4 is 17.7 Å². The van der Waals surface area contributed by atoms with Crippen LogP contribution in [-0.4, -0.2) is 30.3 Å². The van der Waals surface area contributed by atoms with Crippen LogP contribution >= 0.6 is 0 Å². The van der Waals surface area contributed by atoms with E-state index < -0.39 is 12.1 Å². The Balaban J connectivity index is 2.78. The molecule has 0 aliphatic heterocycles. The van der Waals surface area contributed by atoms with E-state index in [0.29, 0.717) is 5.69 Å². The fourth-order valence-electron chi connectivity index (χ4n) is 1.34. The van der Waals surface area contributed by atoms with Crippen LogP contribution in [0.3, 0.4) is 0 Å². The van der Waals surface area contributed by atoms with Gasteiger partial charge in [0.2, 0.25) is 0 Å². The molecule has 1 aromatic carbocycles. The molecule has 0 aliphatic rings. The van der Waals surface area contributed by atoms with Crippen LogP contribution in [0.2, 0.25) is 0 Å². The van der Waals surface area contributed by atoms with Crippen molar-refractivity contribution in [3.63, 3.8) is 0 Å². The van der Waals surface area contributed by atoms with Gasteiger partial charge in [0, 0.05) is 12.2 Å². The van der Waals surface area contributed by atoms with E-state index in [2.05, 4.69) is 0 Å². The van der Waals surface area contributed by atoms with Crippen molar-refractivity contribution in [1.82, 2.24) is 0 Å². The lowest BCUT2D eigenvalue weighted by Gasteiger charge is -2.21. The van der Waals surface area contributed by atoms with Crippen molar-refractivity contribution in [2.45, 2.75) is 13.3 Å². The maximum absolute atomic E-state index is 11.7. The first kappa shape index (κ1) is 13.0. The van der Waals surface area contributed by atoms with E-state index in [0.717, 1.165) is 0 Å². The summed E-state index contributed by atoms with van der Waals surface area (Å²) in [5, 5.41) is 8.64. The molecule has 17 heavy (non-hydrogen) atoms. The van der Waals surface area contributed by atoms with Gasteiger partial charge in [-0.05, 0) is 19.1 Å². The molecular weight excluding hydrogens is 222 g/mol. The predicted octanol–water partition coefficient (Wildman–Crippen LogP) is 2.12. The monoisotopic (exact) mass is 237 g/mol. The molecule has 1 aromatic rings. The molecule has 0 aromatic heterocycles. The first-order chi connectivity index (χ1) is 8.15. The normalized spacial score (nSPS) is 9.71. The topological polar surface area (TPSA) is 66.8 Å². The number of anilines is 1. The number of hydrogen-bond donors (Lipinski definition) is 1. The number of para-hydroxylation sites is 1. The van der Waals surface area contributed by atoms with Gasteiger partial charge in [0.15, 0.2) is 0 Å². The highest BCUT2D eigenvalue weighted by molar-refractivity contribution is 5.88. The molecule has 1 N–H and O–H groups in total.